The number of anilines is 2. The lowest BCUT2D eigenvalue weighted by molar-refractivity contribution is 0.245. The van der Waals surface area contributed by atoms with Crippen molar-refractivity contribution in [3.05, 3.63) is 12.2 Å². The molecule has 0 bridgehead atoms. The zero-order valence-electron chi connectivity index (χ0n) is 9.60. The number of hydrogen-bond donors (Lipinski definition) is 3. The summed E-state index contributed by atoms with van der Waals surface area (Å²) in [6.07, 6.45) is 1.52. The highest BCUT2D eigenvalue weighted by Gasteiger charge is 2.14. The van der Waals surface area contributed by atoms with Crippen LogP contribution in [0.15, 0.2) is 6.33 Å². The monoisotopic (exact) mass is 254 g/mol. The molecule has 0 aromatic carbocycles. The summed E-state index contributed by atoms with van der Waals surface area (Å²) in [6, 6.07) is 0. The maximum atomic E-state index is 5.74. The third kappa shape index (κ3) is 2.84. The Hall–Kier alpha value is -1.83. The molecule has 0 aliphatic rings. The molecule has 0 radical (unpaired) electrons. The van der Waals surface area contributed by atoms with Crippen LogP contribution in [-0.4, -0.2) is 25.7 Å². The first-order valence-electron chi connectivity index (χ1n) is 5.16. The second-order valence-electron chi connectivity index (χ2n) is 3.68. The van der Waals surface area contributed by atoms with Crippen molar-refractivity contribution in [2.45, 2.75) is 26.5 Å². The van der Waals surface area contributed by atoms with Gasteiger partial charge in [-0.15, -0.1) is 0 Å². The van der Waals surface area contributed by atoms with Crippen LogP contribution in [0.25, 0.3) is 0 Å². The molecule has 0 aliphatic carbocycles. The minimum absolute atomic E-state index is 0.0551. The van der Waals surface area contributed by atoms with Crippen LogP contribution in [0.5, 0.6) is 5.75 Å². The lowest BCUT2D eigenvalue weighted by Crippen LogP contribution is -2.09. The molecule has 4 N–H and O–H groups in total. The van der Waals surface area contributed by atoms with Crippen LogP contribution in [0.1, 0.15) is 19.7 Å². The van der Waals surface area contributed by atoms with Crippen LogP contribution >= 0.6 is 11.5 Å². The highest BCUT2D eigenvalue weighted by molar-refractivity contribution is 7.11. The van der Waals surface area contributed by atoms with Crippen molar-refractivity contribution in [1.29, 1.82) is 0 Å². The van der Waals surface area contributed by atoms with Gasteiger partial charge in [0.05, 0.1) is 12.6 Å². The number of ether oxygens (including phenoxy) is 1. The van der Waals surface area contributed by atoms with Gasteiger partial charge >= 0.3 is 0 Å². The van der Waals surface area contributed by atoms with Gasteiger partial charge < -0.3 is 15.8 Å². The zero-order valence-corrected chi connectivity index (χ0v) is 10.4. The fourth-order valence-corrected chi connectivity index (χ4v) is 1.88. The molecule has 2 rings (SSSR count). The summed E-state index contributed by atoms with van der Waals surface area (Å²) in [6.45, 7) is 4.41. The van der Waals surface area contributed by atoms with Gasteiger partial charge in [0.2, 0.25) is 0 Å². The van der Waals surface area contributed by atoms with E-state index in [9.17, 15) is 0 Å². The third-order valence-corrected chi connectivity index (χ3v) is 2.71. The Kier molecular flexibility index (Phi) is 3.43. The molecule has 0 aliphatic heterocycles. The molecule has 17 heavy (non-hydrogen) atoms. The topological polar surface area (TPSA) is 102 Å². The highest BCUT2D eigenvalue weighted by atomic mass is 32.1. The summed E-state index contributed by atoms with van der Waals surface area (Å²) in [5.41, 5.74) is 5.74. The van der Waals surface area contributed by atoms with Gasteiger partial charge in [0.25, 0.3) is 0 Å². The minimum atomic E-state index is 0.0551. The molecular weight excluding hydrogens is 240 g/mol. The van der Waals surface area contributed by atoms with Gasteiger partial charge in [-0.05, 0) is 25.4 Å². The molecule has 8 heteroatoms. The first kappa shape index (κ1) is 11.6. The number of H-pyrrole nitrogens is 1. The molecule has 0 saturated heterocycles. The van der Waals surface area contributed by atoms with Crippen molar-refractivity contribution in [2.24, 2.45) is 0 Å². The summed E-state index contributed by atoms with van der Waals surface area (Å²) in [5, 5.41) is 10.5. The van der Waals surface area contributed by atoms with E-state index in [-0.39, 0.29) is 6.10 Å². The third-order valence-electron chi connectivity index (χ3n) is 1.91. The number of nitrogens with one attached hydrogen (secondary N) is 2. The van der Waals surface area contributed by atoms with Gasteiger partial charge in [0, 0.05) is 0 Å². The summed E-state index contributed by atoms with van der Waals surface area (Å²) in [4.78, 5) is 4.01. The number of aromatic nitrogens is 4. The summed E-state index contributed by atoms with van der Waals surface area (Å²) in [7, 11) is 0. The Balaban J connectivity index is 2.05. The molecule has 0 spiro atoms. The number of nitrogens with zero attached hydrogens (tertiary/aromatic N) is 3. The van der Waals surface area contributed by atoms with Crippen molar-refractivity contribution in [3.8, 4) is 5.75 Å². The molecule has 2 aromatic heterocycles. The highest BCUT2D eigenvalue weighted by Crippen LogP contribution is 2.35. The molecule has 0 unspecified atom stereocenters. The van der Waals surface area contributed by atoms with E-state index in [1.54, 1.807) is 0 Å². The van der Waals surface area contributed by atoms with E-state index in [4.69, 9.17) is 10.5 Å². The second kappa shape index (κ2) is 5.00. The Labute approximate surface area is 103 Å². The predicted octanol–water partition coefficient (Wildman–Crippen LogP) is 1.24. The number of nitrogen functional groups attached to an aromatic ring is 1. The molecular formula is C9H14N6OS. The molecule has 7 nitrogen and oxygen atoms in total. The van der Waals surface area contributed by atoms with Gasteiger partial charge in [-0.1, -0.05) is 0 Å². The van der Waals surface area contributed by atoms with Crippen LogP contribution in [0.2, 0.25) is 0 Å². The lowest BCUT2D eigenvalue weighted by Gasteiger charge is -2.10. The Morgan fingerprint density at radius 3 is 3.06 bits per heavy atom. The van der Waals surface area contributed by atoms with Crippen LogP contribution in [0.3, 0.4) is 0 Å². The van der Waals surface area contributed by atoms with Crippen molar-refractivity contribution in [2.75, 3.05) is 11.1 Å². The average molecular weight is 254 g/mol. The minimum Gasteiger partial charge on any atom is -0.484 e. The number of rotatable bonds is 5. The van der Waals surface area contributed by atoms with E-state index in [0.29, 0.717) is 18.1 Å². The standard InChI is InChI=1S/C9H14N6OS/c1-5(2)16-7-8(10)15-17-9(7)11-3-6-12-4-13-14-6/h4-5,11H,3H2,1-2H3,(H2,10,15)(H,12,13,14). The van der Waals surface area contributed by atoms with E-state index in [1.165, 1.54) is 17.9 Å². The fourth-order valence-electron chi connectivity index (χ4n) is 1.24. The van der Waals surface area contributed by atoms with Crippen LogP contribution in [0.4, 0.5) is 10.8 Å². The Morgan fingerprint density at radius 2 is 2.41 bits per heavy atom. The Bertz CT molecular complexity index is 466. The maximum absolute atomic E-state index is 5.74. The number of nitrogens with two attached hydrogens (primary N) is 1. The zero-order chi connectivity index (χ0) is 12.3. The molecule has 2 aromatic rings. The summed E-state index contributed by atoms with van der Waals surface area (Å²) >= 11 is 1.27. The van der Waals surface area contributed by atoms with Crippen molar-refractivity contribution in [3.63, 3.8) is 0 Å². The SMILES string of the molecule is CC(C)Oc1c(N)nsc1NCc1ncn[nH]1. The number of hydrogen-bond acceptors (Lipinski definition) is 7. The van der Waals surface area contributed by atoms with Crippen LogP contribution < -0.4 is 15.8 Å². The summed E-state index contributed by atoms with van der Waals surface area (Å²) in [5.74, 6) is 1.75. The van der Waals surface area contributed by atoms with Gasteiger partial charge in [-0.3, -0.25) is 5.10 Å². The predicted molar refractivity (Wildman–Crippen MR) is 66.0 cm³/mol. The lowest BCUT2D eigenvalue weighted by atomic mass is 10.4. The van der Waals surface area contributed by atoms with Gasteiger partial charge in [0.1, 0.15) is 12.2 Å². The molecule has 0 fully saturated rings. The molecule has 92 valence electrons. The molecule has 0 amide bonds. The van der Waals surface area contributed by atoms with E-state index in [0.717, 1.165) is 10.8 Å². The van der Waals surface area contributed by atoms with Crippen molar-refractivity contribution >= 4 is 22.4 Å². The fraction of sp³-hybridized carbons (Fsp3) is 0.444. The van der Waals surface area contributed by atoms with Gasteiger partial charge in [0.15, 0.2) is 16.6 Å². The first-order valence-corrected chi connectivity index (χ1v) is 5.94. The van der Waals surface area contributed by atoms with E-state index in [2.05, 4.69) is 24.9 Å². The normalized spacial score (nSPS) is 10.8. The van der Waals surface area contributed by atoms with E-state index >= 15 is 0 Å². The largest absolute Gasteiger partial charge is 0.484 e. The average Bonchev–Trinajstić information content (AvgIpc) is 2.88. The molecule has 0 atom stereocenters. The van der Waals surface area contributed by atoms with Crippen molar-refractivity contribution in [1.82, 2.24) is 19.6 Å². The van der Waals surface area contributed by atoms with Crippen molar-refractivity contribution < 1.29 is 4.74 Å². The second-order valence-corrected chi connectivity index (χ2v) is 4.45. The Morgan fingerprint density at radius 1 is 1.59 bits per heavy atom. The van der Waals surface area contributed by atoms with Gasteiger partial charge in [-0.25, -0.2) is 4.98 Å². The number of aromatic amines is 1. The van der Waals surface area contributed by atoms with Crippen LogP contribution in [-0.2, 0) is 6.54 Å². The smallest absolute Gasteiger partial charge is 0.197 e. The van der Waals surface area contributed by atoms with Gasteiger partial charge in [-0.2, -0.15) is 9.47 Å². The quantitative estimate of drug-likeness (QED) is 0.742. The summed E-state index contributed by atoms with van der Waals surface area (Å²) < 4.78 is 9.66. The maximum Gasteiger partial charge on any atom is 0.197 e. The molecule has 2 heterocycles. The molecule has 0 saturated carbocycles. The van der Waals surface area contributed by atoms with E-state index in [1.807, 2.05) is 13.8 Å². The van der Waals surface area contributed by atoms with E-state index < -0.39 is 0 Å². The first-order chi connectivity index (χ1) is 8.16. The van der Waals surface area contributed by atoms with Crippen LogP contribution in [0, 0.1) is 0 Å².